The normalized spacial score (nSPS) is 14.9. The van der Waals surface area contributed by atoms with Gasteiger partial charge in [-0.05, 0) is 31.7 Å². The first-order valence-corrected chi connectivity index (χ1v) is 7.68. The zero-order chi connectivity index (χ0) is 13.7. The standard InChI is InChI=1S/C17H27NO/c1-4-14(5-2)12-19-17-9-6-13(3)10-15(17)11-18-16-7-8-16/h6,9-10,14,16,18H,4-5,7-8,11-12H2,1-3H3. The molecule has 0 aromatic heterocycles. The average molecular weight is 261 g/mol. The van der Waals surface area contributed by atoms with Gasteiger partial charge in [-0.3, -0.25) is 0 Å². The van der Waals surface area contributed by atoms with Crippen LogP contribution in [0.25, 0.3) is 0 Å². The highest BCUT2D eigenvalue weighted by Crippen LogP contribution is 2.24. The lowest BCUT2D eigenvalue weighted by atomic mass is 10.1. The average Bonchev–Trinajstić information content (AvgIpc) is 3.23. The summed E-state index contributed by atoms with van der Waals surface area (Å²) in [5, 5.41) is 3.58. The Morgan fingerprint density at radius 3 is 2.63 bits per heavy atom. The van der Waals surface area contributed by atoms with Crippen molar-refractivity contribution in [2.45, 2.75) is 59.0 Å². The fraction of sp³-hybridized carbons (Fsp3) is 0.647. The number of hydrogen-bond acceptors (Lipinski definition) is 2. The Labute approximate surface area is 117 Å². The van der Waals surface area contributed by atoms with E-state index in [9.17, 15) is 0 Å². The van der Waals surface area contributed by atoms with Gasteiger partial charge in [-0.15, -0.1) is 0 Å². The Bertz CT molecular complexity index is 394. The second kappa shape index (κ2) is 6.95. The van der Waals surface area contributed by atoms with E-state index in [4.69, 9.17) is 4.74 Å². The van der Waals surface area contributed by atoms with Crippen molar-refractivity contribution in [3.05, 3.63) is 29.3 Å². The molecule has 106 valence electrons. The van der Waals surface area contributed by atoms with Crippen molar-refractivity contribution in [3.8, 4) is 5.75 Å². The highest BCUT2D eigenvalue weighted by molar-refractivity contribution is 5.37. The smallest absolute Gasteiger partial charge is 0.123 e. The summed E-state index contributed by atoms with van der Waals surface area (Å²) in [5.41, 5.74) is 2.61. The number of ether oxygens (including phenoxy) is 1. The van der Waals surface area contributed by atoms with Crippen LogP contribution in [-0.4, -0.2) is 12.6 Å². The molecule has 1 aromatic rings. The zero-order valence-corrected chi connectivity index (χ0v) is 12.5. The topological polar surface area (TPSA) is 21.3 Å². The van der Waals surface area contributed by atoms with Gasteiger partial charge in [-0.25, -0.2) is 0 Å². The van der Waals surface area contributed by atoms with Crippen LogP contribution >= 0.6 is 0 Å². The van der Waals surface area contributed by atoms with Gasteiger partial charge in [0.05, 0.1) is 6.61 Å². The number of rotatable bonds is 8. The molecule has 1 aliphatic rings. The minimum atomic E-state index is 0.672. The van der Waals surface area contributed by atoms with Crippen LogP contribution in [0.5, 0.6) is 5.75 Å². The maximum Gasteiger partial charge on any atom is 0.123 e. The van der Waals surface area contributed by atoms with Gasteiger partial charge in [-0.2, -0.15) is 0 Å². The Morgan fingerprint density at radius 1 is 1.26 bits per heavy atom. The highest BCUT2D eigenvalue weighted by atomic mass is 16.5. The van der Waals surface area contributed by atoms with Crippen LogP contribution in [0.3, 0.4) is 0 Å². The van der Waals surface area contributed by atoms with E-state index in [1.807, 2.05) is 0 Å². The molecule has 2 heteroatoms. The van der Waals surface area contributed by atoms with Gasteiger partial charge in [0.15, 0.2) is 0 Å². The fourth-order valence-electron chi connectivity index (χ4n) is 2.26. The summed E-state index contributed by atoms with van der Waals surface area (Å²) in [5.74, 6) is 1.73. The van der Waals surface area contributed by atoms with Crippen molar-refractivity contribution in [1.82, 2.24) is 5.32 Å². The predicted molar refractivity (Wildman–Crippen MR) is 80.6 cm³/mol. The minimum Gasteiger partial charge on any atom is -0.493 e. The number of hydrogen-bond donors (Lipinski definition) is 1. The lowest BCUT2D eigenvalue weighted by Crippen LogP contribution is -2.17. The van der Waals surface area contributed by atoms with Gasteiger partial charge in [0.1, 0.15) is 5.75 Å². The van der Waals surface area contributed by atoms with Crippen LogP contribution in [0, 0.1) is 12.8 Å². The second-order valence-corrected chi connectivity index (χ2v) is 5.76. The molecule has 0 bridgehead atoms. The lowest BCUT2D eigenvalue weighted by Gasteiger charge is -2.17. The molecule has 0 atom stereocenters. The van der Waals surface area contributed by atoms with Crippen molar-refractivity contribution in [1.29, 1.82) is 0 Å². The van der Waals surface area contributed by atoms with E-state index in [1.54, 1.807) is 0 Å². The molecule has 0 spiro atoms. The summed E-state index contributed by atoms with van der Waals surface area (Å²) >= 11 is 0. The third-order valence-electron chi connectivity index (χ3n) is 4.00. The Kier molecular flexibility index (Phi) is 5.26. The van der Waals surface area contributed by atoms with Gasteiger partial charge in [-0.1, -0.05) is 44.4 Å². The quantitative estimate of drug-likeness (QED) is 0.762. The molecule has 1 aliphatic carbocycles. The number of aryl methyl sites for hydroxylation is 1. The van der Waals surface area contributed by atoms with Gasteiger partial charge >= 0.3 is 0 Å². The summed E-state index contributed by atoms with van der Waals surface area (Å²) < 4.78 is 6.05. The summed E-state index contributed by atoms with van der Waals surface area (Å²) in [7, 11) is 0. The van der Waals surface area contributed by atoms with Crippen LogP contribution in [-0.2, 0) is 6.54 Å². The second-order valence-electron chi connectivity index (χ2n) is 5.76. The van der Waals surface area contributed by atoms with Gasteiger partial charge in [0.2, 0.25) is 0 Å². The van der Waals surface area contributed by atoms with Gasteiger partial charge in [0, 0.05) is 18.2 Å². The summed E-state index contributed by atoms with van der Waals surface area (Å²) in [6, 6.07) is 7.26. The molecular weight excluding hydrogens is 234 g/mol. The number of nitrogens with one attached hydrogen (secondary N) is 1. The van der Waals surface area contributed by atoms with Crippen molar-refractivity contribution in [2.24, 2.45) is 5.92 Å². The molecule has 19 heavy (non-hydrogen) atoms. The first-order chi connectivity index (χ1) is 9.22. The first kappa shape index (κ1) is 14.4. The molecule has 1 saturated carbocycles. The molecule has 2 nitrogen and oxygen atoms in total. The van der Waals surface area contributed by atoms with Gasteiger partial charge < -0.3 is 10.1 Å². The van der Waals surface area contributed by atoms with Crippen LogP contribution in [0.15, 0.2) is 18.2 Å². The van der Waals surface area contributed by atoms with Crippen LogP contribution in [0.2, 0.25) is 0 Å². The summed E-state index contributed by atoms with van der Waals surface area (Å²) in [4.78, 5) is 0. The van der Waals surface area contributed by atoms with E-state index in [0.717, 1.165) is 24.9 Å². The largest absolute Gasteiger partial charge is 0.493 e. The van der Waals surface area contributed by atoms with E-state index in [2.05, 4.69) is 44.3 Å². The van der Waals surface area contributed by atoms with Crippen molar-refractivity contribution >= 4 is 0 Å². The monoisotopic (exact) mass is 261 g/mol. The summed E-state index contributed by atoms with van der Waals surface area (Å²) in [6.07, 6.45) is 5.04. The zero-order valence-electron chi connectivity index (χ0n) is 12.5. The predicted octanol–water partition coefficient (Wildman–Crippen LogP) is 4.06. The van der Waals surface area contributed by atoms with Crippen LogP contribution in [0.1, 0.15) is 50.7 Å². The van der Waals surface area contributed by atoms with Crippen molar-refractivity contribution in [2.75, 3.05) is 6.61 Å². The lowest BCUT2D eigenvalue weighted by molar-refractivity contribution is 0.238. The fourth-order valence-corrected chi connectivity index (χ4v) is 2.26. The molecular formula is C17H27NO. The molecule has 1 aromatic carbocycles. The SMILES string of the molecule is CCC(CC)COc1ccc(C)cc1CNC1CC1. The molecule has 0 unspecified atom stereocenters. The third-order valence-corrected chi connectivity index (χ3v) is 4.00. The van der Waals surface area contributed by atoms with E-state index in [0.29, 0.717) is 5.92 Å². The first-order valence-electron chi connectivity index (χ1n) is 7.68. The molecule has 0 heterocycles. The highest BCUT2D eigenvalue weighted by Gasteiger charge is 2.20. The van der Waals surface area contributed by atoms with Gasteiger partial charge in [0.25, 0.3) is 0 Å². The molecule has 0 radical (unpaired) electrons. The van der Waals surface area contributed by atoms with Crippen molar-refractivity contribution in [3.63, 3.8) is 0 Å². The molecule has 0 aliphatic heterocycles. The maximum absolute atomic E-state index is 6.05. The Morgan fingerprint density at radius 2 is 2.00 bits per heavy atom. The minimum absolute atomic E-state index is 0.672. The van der Waals surface area contributed by atoms with E-state index in [1.165, 1.54) is 36.8 Å². The Hall–Kier alpha value is -1.02. The molecule has 0 saturated heterocycles. The van der Waals surface area contributed by atoms with Crippen molar-refractivity contribution < 1.29 is 4.74 Å². The van der Waals surface area contributed by atoms with Crippen LogP contribution in [0.4, 0.5) is 0 Å². The third kappa shape index (κ3) is 4.54. The molecule has 1 N–H and O–H groups in total. The van der Waals surface area contributed by atoms with E-state index < -0.39 is 0 Å². The Balaban J connectivity index is 1.96. The maximum atomic E-state index is 6.05. The molecule has 0 amide bonds. The van der Waals surface area contributed by atoms with Crippen LogP contribution < -0.4 is 10.1 Å². The number of benzene rings is 1. The summed E-state index contributed by atoms with van der Waals surface area (Å²) in [6.45, 7) is 8.40. The van der Waals surface area contributed by atoms with E-state index >= 15 is 0 Å². The molecule has 1 fully saturated rings. The molecule has 2 rings (SSSR count). The van der Waals surface area contributed by atoms with E-state index in [-0.39, 0.29) is 0 Å².